The Morgan fingerprint density at radius 2 is 1.83 bits per heavy atom. The molecule has 0 aromatic carbocycles. The van der Waals surface area contributed by atoms with Gasteiger partial charge in [-0.15, -0.1) is 0 Å². The largest absolute Gasteiger partial charge is 0.356 e. The molecule has 1 aromatic heterocycles. The first kappa shape index (κ1) is 12.1. The molecule has 0 unspecified atom stereocenters. The molecule has 0 amide bonds. The van der Waals surface area contributed by atoms with Crippen LogP contribution in [0, 0.1) is 0 Å². The monoisotopic (exact) mass is 273 g/mol. The minimum atomic E-state index is -2.53. The van der Waals surface area contributed by atoms with Gasteiger partial charge in [0.05, 0.1) is 5.69 Å². The standard InChI is InChI=1S/C12H14ClF2N3/c13-11-16-9-3-1-2-8(9)10(17-11)18-6-4-12(14,15)5-7-18/h1-7H2. The Hall–Kier alpha value is -0.970. The molecule has 0 N–H and O–H groups in total. The third-order valence-electron chi connectivity index (χ3n) is 3.68. The van der Waals surface area contributed by atoms with Gasteiger partial charge in [0.2, 0.25) is 5.28 Å². The van der Waals surface area contributed by atoms with E-state index >= 15 is 0 Å². The zero-order chi connectivity index (χ0) is 12.8. The van der Waals surface area contributed by atoms with Crippen molar-refractivity contribution in [1.29, 1.82) is 0 Å². The molecule has 0 bridgehead atoms. The number of nitrogens with zero attached hydrogens (tertiary/aromatic N) is 3. The number of fused-ring (bicyclic) bond motifs is 1. The Labute approximate surface area is 109 Å². The molecule has 1 aliphatic heterocycles. The molecule has 1 aliphatic carbocycles. The maximum absolute atomic E-state index is 13.2. The molecule has 1 saturated heterocycles. The summed E-state index contributed by atoms with van der Waals surface area (Å²) < 4.78 is 26.3. The molecule has 3 rings (SSSR count). The van der Waals surface area contributed by atoms with Gasteiger partial charge in [-0.25, -0.2) is 18.7 Å². The van der Waals surface area contributed by atoms with E-state index in [0.717, 1.165) is 36.3 Å². The average Bonchev–Trinajstić information content (AvgIpc) is 2.76. The van der Waals surface area contributed by atoms with E-state index in [1.54, 1.807) is 0 Å². The second-order valence-electron chi connectivity index (χ2n) is 4.94. The van der Waals surface area contributed by atoms with E-state index in [0.29, 0.717) is 13.1 Å². The second-order valence-corrected chi connectivity index (χ2v) is 5.28. The van der Waals surface area contributed by atoms with Crippen LogP contribution in [0.4, 0.5) is 14.6 Å². The first-order chi connectivity index (χ1) is 8.55. The van der Waals surface area contributed by atoms with E-state index in [-0.39, 0.29) is 18.1 Å². The number of aromatic nitrogens is 2. The van der Waals surface area contributed by atoms with Crippen molar-refractivity contribution in [3.63, 3.8) is 0 Å². The summed E-state index contributed by atoms with van der Waals surface area (Å²) in [6, 6.07) is 0. The van der Waals surface area contributed by atoms with Gasteiger partial charge in [-0.3, -0.25) is 0 Å². The fourth-order valence-electron chi connectivity index (χ4n) is 2.69. The highest BCUT2D eigenvalue weighted by molar-refractivity contribution is 6.28. The van der Waals surface area contributed by atoms with Gasteiger partial charge in [0.15, 0.2) is 0 Å². The van der Waals surface area contributed by atoms with Gasteiger partial charge in [-0.2, -0.15) is 0 Å². The van der Waals surface area contributed by atoms with Crippen LogP contribution in [0.2, 0.25) is 5.28 Å². The summed E-state index contributed by atoms with van der Waals surface area (Å²) in [5, 5.41) is 0.225. The number of alkyl halides is 2. The predicted molar refractivity (Wildman–Crippen MR) is 65.5 cm³/mol. The van der Waals surface area contributed by atoms with Crippen LogP contribution in [0.3, 0.4) is 0 Å². The normalized spacial score (nSPS) is 22.1. The third-order valence-corrected chi connectivity index (χ3v) is 3.85. The lowest BCUT2D eigenvalue weighted by Gasteiger charge is -2.33. The summed E-state index contributed by atoms with van der Waals surface area (Å²) in [5.74, 6) is -1.76. The fourth-order valence-corrected chi connectivity index (χ4v) is 2.87. The maximum Gasteiger partial charge on any atom is 0.251 e. The maximum atomic E-state index is 13.2. The summed E-state index contributed by atoms with van der Waals surface area (Å²) in [4.78, 5) is 10.4. The molecule has 2 heterocycles. The third kappa shape index (κ3) is 2.16. The molecule has 1 fully saturated rings. The van der Waals surface area contributed by atoms with Gasteiger partial charge in [0.1, 0.15) is 5.82 Å². The van der Waals surface area contributed by atoms with Crippen LogP contribution in [-0.2, 0) is 12.8 Å². The predicted octanol–water partition coefficient (Wildman–Crippen LogP) is 2.85. The van der Waals surface area contributed by atoms with Crippen molar-refractivity contribution >= 4 is 17.4 Å². The molecule has 0 radical (unpaired) electrons. The van der Waals surface area contributed by atoms with Crippen LogP contribution in [0.1, 0.15) is 30.5 Å². The van der Waals surface area contributed by atoms with Crippen molar-refractivity contribution in [2.75, 3.05) is 18.0 Å². The summed E-state index contributed by atoms with van der Waals surface area (Å²) in [7, 11) is 0. The van der Waals surface area contributed by atoms with Gasteiger partial charge in [-0.1, -0.05) is 0 Å². The quantitative estimate of drug-likeness (QED) is 0.737. The van der Waals surface area contributed by atoms with Crippen molar-refractivity contribution in [2.45, 2.75) is 38.0 Å². The van der Waals surface area contributed by atoms with E-state index in [1.807, 2.05) is 4.90 Å². The molecule has 3 nitrogen and oxygen atoms in total. The highest BCUT2D eigenvalue weighted by Gasteiger charge is 2.35. The SMILES string of the molecule is FC1(F)CCN(c2nc(Cl)nc3c2CCC3)CC1. The topological polar surface area (TPSA) is 29.0 Å². The minimum absolute atomic E-state index is 0.108. The molecule has 6 heteroatoms. The number of anilines is 1. The molecular weight excluding hydrogens is 260 g/mol. The van der Waals surface area contributed by atoms with Gasteiger partial charge in [0, 0.05) is 31.5 Å². The van der Waals surface area contributed by atoms with Crippen molar-refractivity contribution < 1.29 is 8.78 Å². The number of halogens is 3. The first-order valence-electron chi connectivity index (χ1n) is 6.23. The highest BCUT2D eigenvalue weighted by atomic mass is 35.5. The molecule has 0 atom stereocenters. The molecule has 18 heavy (non-hydrogen) atoms. The van der Waals surface area contributed by atoms with E-state index < -0.39 is 5.92 Å². The second kappa shape index (κ2) is 4.30. The Morgan fingerprint density at radius 1 is 1.11 bits per heavy atom. The summed E-state index contributed by atoms with van der Waals surface area (Å²) in [5.41, 5.74) is 2.09. The first-order valence-corrected chi connectivity index (χ1v) is 6.61. The van der Waals surface area contributed by atoms with Crippen molar-refractivity contribution in [3.8, 4) is 0 Å². The van der Waals surface area contributed by atoms with Gasteiger partial charge >= 0.3 is 0 Å². The van der Waals surface area contributed by atoms with Gasteiger partial charge in [-0.05, 0) is 30.9 Å². The zero-order valence-corrected chi connectivity index (χ0v) is 10.7. The lowest BCUT2D eigenvalue weighted by molar-refractivity contribution is -0.0221. The van der Waals surface area contributed by atoms with Crippen LogP contribution in [-0.4, -0.2) is 29.0 Å². The average molecular weight is 274 g/mol. The number of hydrogen-bond donors (Lipinski definition) is 0. The van der Waals surface area contributed by atoms with Crippen LogP contribution in [0.15, 0.2) is 0 Å². The van der Waals surface area contributed by atoms with Crippen LogP contribution < -0.4 is 4.90 Å². The van der Waals surface area contributed by atoms with E-state index in [2.05, 4.69) is 9.97 Å². The van der Waals surface area contributed by atoms with Crippen molar-refractivity contribution in [3.05, 3.63) is 16.5 Å². The van der Waals surface area contributed by atoms with Crippen LogP contribution in [0.25, 0.3) is 0 Å². The number of aryl methyl sites for hydroxylation is 1. The van der Waals surface area contributed by atoms with Crippen molar-refractivity contribution in [1.82, 2.24) is 9.97 Å². The minimum Gasteiger partial charge on any atom is -0.356 e. The highest BCUT2D eigenvalue weighted by Crippen LogP contribution is 2.34. The Morgan fingerprint density at radius 3 is 2.56 bits per heavy atom. The lowest BCUT2D eigenvalue weighted by Crippen LogP contribution is -2.40. The Kier molecular flexibility index (Phi) is 2.88. The van der Waals surface area contributed by atoms with Crippen LogP contribution >= 0.6 is 11.6 Å². The molecule has 2 aliphatic rings. The summed E-state index contributed by atoms with van der Waals surface area (Å²) in [6.45, 7) is 0.680. The number of rotatable bonds is 1. The smallest absolute Gasteiger partial charge is 0.251 e. The van der Waals surface area contributed by atoms with E-state index in [9.17, 15) is 8.78 Å². The number of hydrogen-bond acceptors (Lipinski definition) is 3. The Balaban J connectivity index is 1.89. The molecule has 1 aromatic rings. The molecule has 98 valence electrons. The Bertz CT molecular complexity index is 469. The van der Waals surface area contributed by atoms with Gasteiger partial charge in [0.25, 0.3) is 5.92 Å². The van der Waals surface area contributed by atoms with Gasteiger partial charge < -0.3 is 4.90 Å². The van der Waals surface area contributed by atoms with E-state index in [4.69, 9.17) is 11.6 Å². The zero-order valence-electron chi connectivity index (χ0n) is 9.93. The van der Waals surface area contributed by atoms with E-state index in [1.165, 1.54) is 0 Å². The van der Waals surface area contributed by atoms with Crippen molar-refractivity contribution in [2.24, 2.45) is 0 Å². The van der Waals surface area contributed by atoms with Crippen LogP contribution in [0.5, 0.6) is 0 Å². The summed E-state index contributed by atoms with van der Waals surface area (Å²) >= 11 is 5.91. The summed E-state index contributed by atoms with van der Waals surface area (Å²) in [6.07, 6.45) is 2.66. The number of piperidine rings is 1. The molecule has 0 spiro atoms. The fraction of sp³-hybridized carbons (Fsp3) is 0.667. The molecular formula is C12H14ClF2N3. The molecule has 0 saturated carbocycles. The lowest BCUT2D eigenvalue weighted by atomic mass is 10.1.